The van der Waals surface area contributed by atoms with Crippen LogP contribution in [-0.4, -0.2) is 24.3 Å². The van der Waals surface area contributed by atoms with Gasteiger partial charge in [0.05, 0.1) is 18.3 Å². The molecule has 0 radical (unpaired) electrons. The van der Waals surface area contributed by atoms with Crippen LogP contribution >= 0.6 is 0 Å². The van der Waals surface area contributed by atoms with E-state index < -0.39 is 0 Å². The number of hydrogen-bond acceptors (Lipinski definition) is 3. The van der Waals surface area contributed by atoms with E-state index in [1.807, 2.05) is 11.0 Å². The molecule has 0 amide bonds. The molecule has 1 aromatic carbocycles. The van der Waals surface area contributed by atoms with Crippen molar-refractivity contribution in [1.82, 2.24) is 0 Å². The van der Waals surface area contributed by atoms with Crippen molar-refractivity contribution >= 4 is 5.69 Å². The largest absolute Gasteiger partial charge is 0.394 e. The highest BCUT2D eigenvalue weighted by molar-refractivity contribution is 5.56. The van der Waals surface area contributed by atoms with Gasteiger partial charge in [0.25, 0.3) is 0 Å². The zero-order chi connectivity index (χ0) is 11.5. The number of hydrogen-bond donors (Lipinski definition) is 2. The quantitative estimate of drug-likeness (QED) is 0.812. The third-order valence-electron chi connectivity index (χ3n) is 3.17. The lowest BCUT2D eigenvalue weighted by Gasteiger charge is -2.27. The van der Waals surface area contributed by atoms with Gasteiger partial charge < -0.3 is 15.7 Å². The Labute approximate surface area is 94.7 Å². The fraction of sp³-hybridized carbons (Fsp3) is 0.500. The van der Waals surface area contributed by atoms with Gasteiger partial charge in [-0.2, -0.15) is 0 Å². The van der Waals surface area contributed by atoms with Crippen LogP contribution in [0.2, 0.25) is 0 Å². The molecule has 16 heavy (non-hydrogen) atoms. The predicted octanol–water partition coefficient (Wildman–Crippen LogP) is 1.25. The molecular formula is C12H17FN2O. The fourth-order valence-corrected chi connectivity index (χ4v) is 2.37. The van der Waals surface area contributed by atoms with E-state index >= 15 is 0 Å². The van der Waals surface area contributed by atoms with Gasteiger partial charge in [0.15, 0.2) is 0 Å². The monoisotopic (exact) mass is 224 g/mol. The molecule has 4 heteroatoms. The number of nitrogens with two attached hydrogens (primary N) is 1. The minimum atomic E-state index is -0.247. The summed E-state index contributed by atoms with van der Waals surface area (Å²) in [5.41, 5.74) is 6.99. The van der Waals surface area contributed by atoms with Crippen LogP contribution < -0.4 is 10.6 Å². The Balaban J connectivity index is 2.38. The third-order valence-corrected chi connectivity index (χ3v) is 3.17. The number of rotatable bonds is 3. The molecule has 1 aliphatic heterocycles. The molecule has 0 aliphatic carbocycles. The first-order valence-electron chi connectivity index (χ1n) is 5.63. The number of halogens is 1. The Morgan fingerprint density at radius 1 is 1.50 bits per heavy atom. The minimum Gasteiger partial charge on any atom is -0.394 e. The van der Waals surface area contributed by atoms with Crippen LogP contribution in [0.25, 0.3) is 0 Å². The zero-order valence-corrected chi connectivity index (χ0v) is 9.19. The van der Waals surface area contributed by atoms with Crippen LogP contribution in [0.5, 0.6) is 0 Å². The van der Waals surface area contributed by atoms with Gasteiger partial charge in [-0.15, -0.1) is 0 Å². The van der Waals surface area contributed by atoms with Crippen molar-refractivity contribution in [2.75, 3.05) is 18.1 Å². The maximum absolute atomic E-state index is 13.8. The number of aliphatic hydroxyl groups is 1. The van der Waals surface area contributed by atoms with E-state index in [-0.39, 0.29) is 18.5 Å². The van der Waals surface area contributed by atoms with Crippen LogP contribution in [-0.2, 0) is 6.54 Å². The van der Waals surface area contributed by atoms with E-state index in [1.54, 1.807) is 6.07 Å². The Kier molecular flexibility index (Phi) is 3.41. The summed E-state index contributed by atoms with van der Waals surface area (Å²) in [6.07, 6.45) is 1.90. The molecule has 0 saturated carbocycles. The molecule has 3 N–H and O–H groups in total. The second kappa shape index (κ2) is 4.80. The molecule has 1 aromatic rings. The average Bonchev–Trinajstić information content (AvgIpc) is 2.76. The van der Waals surface area contributed by atoms with E-state index in [9.17, 15) is 9.50 Å². The summed E-state index contributed by atoms with van der Waals surface area (Å²) >= 11 is 0. The molecule has 0 bridgehead atoms. The first kappa shape index (κ1) is 11.4. The van der Waals surface area contributed by atoms with Crippen molar-refractivity contribution in [2.24, 2.45) is 5.73 Å². The Morgan fingerprint density at radius 3 is 3.00 bits per heavy atom. The van der Waals surface area contributed by atoms with E-state index in [1.165, 1.54) is 6.07 Å². The fourth-order valence-electron chi connectivity index (χ4n) is 2.37. The van der Waals surface area contributed by atoms with Gasteiger partial charge in [-0.05, 0) is 24.5 Å². The lowest BCUT2D eigenvalue weighted by atomic mass is 10.1. The number of para-hydroxylation sites is 1. The maximum atomic E-state index is 13.8. The molecule has 3 nitrogen and oxygen atoms in total. The van der Waals surface area contributed by atoms with Crippen LogP contribution in [0.4, 0.5) is 10.1 Å². The number of aliphatic hydroxyl groups excluding tert-OH is 1. The summed E-state index contributed by atoms with van der Waals surface area (Å²) < 4.78 is 13.8. The second-order valence-electron chi connectivity index (χ2n) is 4.12. The highest BCUT2D eigenvalue weighted by Crippen LogP contribution is 2.30. The van der Waals surface area contributed by atoms with Gasteiger partial charge in [-0.25, -0.2) is 4.39 Å². The summed E-state index contributed by atoms with van der Waals surface area (Å²) in [6.45, 7) is 1.18. The maximum Gasteiger partial charge on any atom is 0.146 e. The topological polar surface area (TPSA) is 49.5 Å². The summed E-state index contributed by atoms with van der Waals surface area (Å²) in [4.78, 5) is 1.94. The normalized spacial score (nSPS) is 20.4. The van der Waals surface area contributed by atoms with Crippen molar-refractivity contribution in [2.45, 2.75) is 25.4 Å². The Bertz CT molecular complexity index is 370. The molecule has 88 valence electrons. The number of anilines is 1. The SMILES string of the molecule is NCc1cccc(F)c1N1CCCC1CO. The molecule has 1 saturated heterocycles. The Morgan fingerprint density at radius 2 is 2.31 bits per heavy atom. The molecule has 1 aliphatic rings. The third kappa shape index (κ3) is 1.90. The lowest BCUT2D eigenvalue weighted by Crippen LogP contribution is -2.33. The van der Waals surface area contributed by atoms with E-state index in [2.05, 4.69) is 0 Å². The summed E-state index contributed by atoms with van der Waals surface area (Å²) in [5.74, 6) is -0.247. The molecular weight excluding hydrogens is 207 g/mol. The summed E-state index contributed by atoms with van der Waals surface area (Å²) in [6, 6.07) is 4.99. The Hall–Kier alpha value is -1.13. The predicted molar refractivity (Wildman–Crippen MR) is 61.7 cm³/mol. The van der Waals surface area contributed by atoms with Crippen LogP contribution in [0.1, 0.15) is 18.4 Å². The first-order valence-corrected chi connectivity index (χ1v) is 5.63. The van der Waals surface area contributed by atoms with Crippen molar-refractivity contribution in [3.8, 4) is 0 Å². The summed E-state index contributed by atoms with van der Waals surface area (Å²) in [5, 5.41) is 9.26. The molecule has 2 rings (SSSR count). The standard InChI is InChI=1S/C12H17FN2O/c13-11-5-1-3-9(7-14)12(11)15-6-2-4-10(15)8-16/h1,3,5,10,16H,2,4,6-8,14H2. The van der Waals surface area contributed by atoms with Gasteiger partial charge >= 0.3 is 0 Å². The zero-order valence-electron chi connectivity index (χ0n) is 9.19. The molecule has 1 fully saturated rings. The van der Waals surface area contributed by atoms with Gasteiger partial charge in [-0.1, -0.05) is 12.1 Å². The van der Waals surface area contributed by atoms with Crippen LogP contribution in [0.3, 0.4) is 0 Å². The van der Waals surface area contributed by atoms with Crippen molar-refractivity contribution in [1.29, 1.82) is 0 Å². The van der Waals surface area contributed by atoms with Crippen LogP contribution in [0, 0.1) is 5.82 Å². The average molecular weight is 224 g/mol. The van der Waals surface area contributed by atoms with Gasteiger partial charge in [0, 0.05) is 13.1 Å². The molecule has 1 atom stereocenters. The van der Waals surface area contributed by atoms with Crippen molar-refractivity contribution in [3.63, 3.8) is 0 Å². The van der Waals surface area contributed by atoms with Gasteiger partial charge in [0.1, 0.15) is 5.82 Å². The molecule has 1 heterocycles. The highest BCUT2D eigenvalue weighted by Gasteiger charge is 2.27. The van der Waals surface area contributed by atoms with Crippen molar-refractivity contribution < 1.29 is 9.50 Å². The lowest BCUT2D eigenvalue weighted by molar-refractivity contribution is 0.266. The van der Waals surface area contributed by atoms with E-state index in [4.69, 9.17) is 5.73 Å². The van der Waals surface area contributed by atoms with E-state index in [0.717, 1.165) is 24.9 Å². The smallest absolute Gasteiger partial charge is 0.146 e. The van der Waals surface area contributed by atoms with Gasteiger partial charge in [-0.3, -0.25) is 0 Å². The molecule has 0 spiro atoms. The highest BCUT2D eigenvalue weighted by atomic mass is 19.1. The van der Waals surface area contributed by atoms with Crippen LogP contribution in [0.15, 0.2) is 18.2 Å². The molecule has 1 unspecified atom stereocenters. The first-order chi connectivity index (χ1) is 7.77. The minimum absolute atomic E-state index is 0.0298. The summed E-state index contributed by atoms with van der Waals surface area (Å²) in [7, 11) is 0. The van der Waals surface area contributed by atoms with Gasteiger partial charge in [0.2, 0.25) is 0 Å². The molecule has 0 aromatic heterocycles. The van der Waals surface area contributed by atoms with Crippen molar-refractivity contribution in [3.05, 3.63) is 29.6 Å². The number of nitrogens with zero attached hydrogens (tertiary/aromatic N) is 1. The number of benzene rings is 1. The second-order valence-corrected chi connectivity index (χ2v) is 4.12. The van der Waals surface area contributed by atoms with E-state index in [0.29, 0.717) is 12.2 Å².